The fraction of sp³-hybridized carbons (Fsp3) is 0.571. The fourth-order valence-corrected chi connectivity index (χ4v) is 4.06. The Morgan fingerprint density at radius 3 is 2.43 bits per heavy atom. The summed E-state index contributed by atoms with van der Waals surface area (Å²) in [6, 6.07) is 7.84. The number of fused-ring (bicyclic) bond motifs is 1. The van der Waals surface area contributed by atoms with E-state index < -0.39 is 6.23 Å². The van der Waals surface area contributed by atoms with E-state index in [1.54, 1.807) is 0 Å². The van der Waals surface area contributed by atoms with Gasteiger partial charge in [0.2, 0.25) is 0 Å². The van der Waals surface area contributed by atoms with E-state index in [2.05, 4.69) is 36.4 Å². The minimum absolute atomic E-state index is 0.00770. The zero-order valence-electron chi connectivity index (χ0n) is 17.0. The Kier molecular flexibility index (Phi) is 6.65. The quantitative estimate of drug-likeness (QED) is 0.781. The van der Waals surface area contributed by atoms with Crippen LogP contribution in [-0.2, 0) is 22.4 Å². The average molecular weight is 404 g/mol. The molecule has 0 saturated heterocycles. The van der Waals surface area contributed by atoms with Crippen LogP contribution in [0.5, 0.6) is 0 Å². The second-order valence-corrected chi connectivity index (χ2v) is 9.60. The van der Waals surface area contributed by atoms with Gasteiger partial charge in [-0.3, -0.25) is 4.79 Å². The maximum Gasteiger partial charge on any atom is 0.341 e. The second-order valence-electron chi connectivity index (χ2n) is 8.07. The number of hydrogen-bond donors (Lipinski definition) is 1. The van der Waals surface area contributed by atoms with Crippen molar-refractivity contribution < 1.29 is 14.3 Å². The van der Waals surface area contributed by atoms with Crippen LogP contribution in [0, 0.1) is 5.92 Å². The molecule has 1 heterocycles. The molecule has 7 heteroatoms. The lowest BCUT2D eigenvalue weighted by Crippen LogP contribution is -2.48. The molecule has 1 aromatic carbocycles. The normalized spacial score (nSPS) is 19.0. The molecular formula is C21H29N3O3S. The van der Waals surface area contributed by atoms with Crippen LogP contribution in [0.2, 0.25) is 0 Å². The number of benzene rings is 1. The number of Topliss-reactive ketones (excluding diaryl/α,β-unsaturated/α-hetero) is 1. The van der Waals surface area contributed by atoms with Crippen molar-refractivity contribution in [2.45, 2.75) is 70.9 Å². The summed E-state index contributed by atoms with van der Waals surface area (Å²) < 4.78 is 5.75. The predicted octanol–water partition coefficient (Wildman–Crippen LogP) is 3.94. The van der Waals surface area contributed by atoms with E-state index in [9.17, 15) is 9.59 Å². The average Bonchev–Trinajstić information content (AvgIpc) is 3.22. The number of carbonyl (C=O) groups is 2. The van der Waals surface area contributed by atoms with Gasteiger partial charge in [0, 0.05) is 17.7 Å². The Morgan fingerprint density at radius 1 is 1.21 bits per heavy atom. The van der Waals surface area contributed by atoms with E-state index in [0.717, 1.165) is 19.3 Å². The van der Waals surface area contributed by atoms with Gasteiger partial charge in [-0.2, -0.15) is 5.01 Å². The van der Waals surface area contributed by atoms with Crippen LogP contribution < -0.4 is 5.32 Å². The van der Waals surface area contributed by atoms with Gasteiger partial charge >= 0.3 is 6.03 Å². The highest BCUT2D eigenvalue weighted by Crippen LogP contribution is 2.26. The number of thioether (sulfide) groups is 1. The Bertz CT molecular complexity index is 738. The van der Waals surface area contributed by atoms with Crippen molar-refractivity contribution in [1.82, 2.24) is 10.3 Å². The van der Waals surface area contributed by atoms with Gasteiger partial charge < -0.3 is 10.1 Å². The van der Waals surface area contributed by atoms with E-state index in [0.29, 0.717) is 17.6 Å². The molecule has 3 rings (SSSR count). The van der Waals surface area contributed by atoms with Gasteiger partial charge in [-0.15, -0.1) is 5.10 Å². The maximum atomic E-state index is 12.9. The molecule has 0 fully saturated rings. The summed E-state index contributed by atoms with van der Waals surface area (Å²) in [6.07, 6.45) is 1.75. The third-order valence-electron chi connectivity index (χ3n) is 4.79. The van der Waals surface area contributed by atoms with Crippen molar-refractivity contribution in [3.05, 3.63) is 35.4 Å². The zero-order valence-corrected chi connectivity index (χ0v) is 17.8. The number of ketones is 1. The molecular weight excluding hydrogens is 374 g/mol. The molecule has 1 aromatic rings. The lowest BCUT2D eigenvalue weighted by atomic mass is 10.1. The van der Waals surface area contributed by atoms with Gasteiger partial charge in [0.15, 0.2) is 5.78 Å². The highest BCUT2D eigenvalue weighted by Gasteiger charge is 2.39. The Balaban J connectivity index is 1.67. The summed E-state index contributed by atoms with van der Waals surface area (Å²) in [5, 5.41) is 9.15. The molecule has 0 spiro atoms. The first-order valence-electron chi connectivity index (χ1n) is 9.94. The van der Waals surface area contributed by atoms with Crippen molar-refractivity contribution in [3.8, 4) is 0 Å². The van der Waals surface area contributed by atoms with Gasteiger partial charge in [-0.25, -0.2) is 4.79 Å². The summed E-state index contributed by atoms with van der Waals surface area (Å²) in [4.78, 5) is 25.6. The van der Waals surface area contributed by atoms with E-state index in [4.69, 9.17) is 4.74 Å². The molecule has 6 nitrogen and oxygen atoms in total. The molecule has 152 valence electrons. The lowest BCUT2D eigenvalue weighted by Gasteiger charge is -2.22. The van der Waals surface area contributed by atoms with Crippen LogP contribution in [0.4, 0.5) is 4.79 Å². The van der Waals surface area contributed by atoms with E-state index in [-0.39, 0.29) is 23.1 Å². The highest BCUT2D eigenvalue weighted by atomic mass is 32.2. The van der Waals surface area contributed by atoms with Crippen LogP contribution in [0.15, 0.2) is 29.4 Å². The molecule has 2 amide bonds. The first-order chi connectivity index (χ1) is 13.3. The minimum atomic E-state index is -0.969. The van der Waals surface area contributed by atoms with Crippen molar-refractivity contribution in [2.75, 3.05) is 0 Å². The first kappa shape index (κ1) is 20.7. The largest absolute Gasteiger partial charge is 0.438 e. The summed E-state index contributed by atoms with van der Waals surface area (Å²) >= 11 is 1.42. The van der Waals surface area contributed by atoms with Crippen molar-refractivity contribution in [2.24, 2.45) is 11.0 Å². The molecule has 1 atom stereocenters. The molecule has 1 aliphatic carbocycles. The number of ether oxygens (including phenoxy) is 1. The number of hydrogen-bond acceptors (Lipinski definition) is 5. The SMILES string of the molecule is CC(C)CCC(=O)C1OC(SC(C)C)=NN1C(=O)NC1Cc2ccccc2C1. The second kappa shape index (κ2) is 8.99. The summed E-state index contributed by atoms with van der Waals surface area (Å²) in [5.41, 5.74) is 2.52. The van der Waals surface area contributed by atoms with Crippen LogP contribution in [-0.4, -0.2) is 39.6 Å². The molecule has 28 heavy (non-hydrogen) atoms. The lowest BCUT2D eigenvalue weighted by molar-refractivity contribution is -0.131. The van der Waals surface area contributed by atoms with Crippen molar-refractivity contribution in [3.63, 3.8) is 0 Å². The van der Waals surface area contributed by atoms with Crippen molar-refractivity contribution >= 4 is 28.8 Å². The topological polar surface area (TPSA) is 71.0 Å². The smallest absolute Gasteiger partial charge is 0.341 e. The monoisotopic (exact) mass is 403 g/mol. The van der Waals surface area contributed by atoms with Gasteiger partial charge in [0.05, 0.1) is 0 Å². The molecule has 0 bridgehead atoms. The van der Waals surface area contributed by atoms with Gasteiger partial charge in [0.1, 0.15) is 0 Å². The Morgan fingerprint density at radius 2 is 1.86 bits per heavy atom. The summed E-state index contributed by atoms with van der Waals surface area (Å²) in [7, 11) is 0. The summed E-state index contributed by atoms with van der Waals surface area (Å²) in [5.74, 6) is 0.303. The van der Waals surface area contributed by atoms with Gasteiger partial charge in [-0.05, 0) is 36.3 Å². The number of nitrogens with zero attached hydrogens (tertiary/aromatic N) is 2. The highest BCUT2D eigenvalue weighted by molar-refractivity contribution is 8.14. The standard InChI is InChI=1S/C21H29N3O3S/c1-13(2)9-10-18(25)19-24(23-21(27-19)28-14(3)4)20(26)22-17-11-15-7-5-6-8-16(15)12-17/h5-8,13-14,17,19H,9-12H2,1-4H3,(H,22,26). The molecule has 0 aromatic heterocycles. The predicted molar refractivity (Wildman–Crippen MR) is 112 cm³/mol. The van der Waals surface area contributed by atoms with Crippen LogP contribution in [0.1, 0.15) is 51.7 Å². The summed E-state index contributed by atoms with van der Waals surface area (Å²) in [6.45, 7) is 8.18. The zero-order chi connectivity index (χ0) is 20.3. The fourth-order valence-electron chi connectivity index (χ4n) is 3.37. The van der Waals surface area contributed by atoms with Gasteiger partial charge in [-0.1, -0.05) is 63.7 Å². The molecule has 1 N–H and O–H groups in total. The Labute approximate surface area is 171 Å². The number of amides is 2. The molecule has 2 aliphatic rings. The number of rotatable bonds is 6. The third-order valence-corrected chi connectivity index (χ3v) is 5.64. The molecule has 1 aliphatic heterocycles. The number of urea groups is 1. The van der Waals surface area contributed by atoms with E-state index in [1.165, 1.54) is 27.9 Å². The van der Waals surface area contributed by atoms with Crippen LogP contribution >= 0.6 is 11.8 Å². The molecule has 0 saturated carbocycles. The molecule has 1 unspecified atom stereocenters. The van der Waals surface area contributed by atoms with E-state index >= 15 is 0 Å². The van der Waals surface area contributed by atoms with Crippen LogP contribution in [0.25, 0.3) is 0 Å². The van der Waals surface area contributed by atoms with Gasteiger partial charge in [0.25, 0.3) is 11.5 Å². The number of nitrogens with one attached hydrogen (secondary N) is 1. The van der Waals surface area contributed by atoms with Crippen molar-refractivity contribution in [1.29, 1.82) is 0 Å². The van der Waals surface area contributed by atoms with E-state index in [1.807, 2.05) is 26.0 Å². The molecule has 0 radical (unpaired) electrons. The third kappa shape index (κ3) is 5.07. The Hall–Kier alpha value is -2.02. The minimum Gasteiger partial charge on any atom is -0.438 e. The maximum absolute atomic E-state index is 12.9. The number of carbonyl (C=O) groups excluding carboxylic acids is 2. The first-order valence-corrected chi connectivity index (χ1v) is 10.8. The number of hydrazone groups is 1. The van der Waals surface area contributed by atoms with Crippen LogP contribution in [0.3, 0.4) is 0 Å².